The van der Waals surface area contributed by atoms with E-state index in [1.165, 1.54) is 54.5 Å². The van der Waals surface area contributed by atoms with Crippen molar-refractivity contribution in [3.8, 4) is 0 Å². The van der Waals surface area contributed by atoms with E-state index in [1.807, 2.05) is 41.5 Å². The number of Topliss-reactive ketones (excluding diaryl/α,β-unsaturated/α-hetero) is 1. The lowest BCUT2D eigenvalue weighted by atomic mass is 9.91. The Morgan fingerprint density at radius 3 is 1.97 bits per heavy atom. The number of aliphatic hydroxyl groups excluding tert-OH is 2. The predicted molar refractivity (Wildman–Crippen MR) is 273 cm³/mol. The molecule has 0 aromatic rings. The first-order chi connectivity index (χ1) is 34.4. The van der Waals surface area contributed by atoms with Gasteiger partial charge in [0.2, 0.25) is 35.4 Å². The van der Waals surface area contributed by atoms with Gasteiger partial charge in [-0.25, -0.2) is 4.79 Å². The number of ketones is 1. The summed E-state index contributed by atoms with van der Waals surface area (Å²) in [5.41, 5.74) is 0. The number of amides is 7. The second-order valence-corrected chi connectivity index (χ2v) is 22.5. The number of rotatable bonds is 14. The van der Waals surface area contributed by atoms with E-state index in [4.69, 9.17) is 9.47 Å². The molecule has 21 heteroatoms. The maximum atomic E-state index is 14.8. The van der Waals surface area contributed by atoms with E-state index in [0.29, 0.717) is 19.3 Å². The summed E-state index contributed by atoms with van der Waals surface area (Å²) in [4.78, 5) is 147. The molecule has 7 amide bonds. The Balaban J connectivity index is 2.22. The van der Waals surface area contributed by atoms with Crippen molar-refractivity contribution in [1.29, 1.82) is 0 Å². The maximum absolute atomic E-state index is 14.8. The van der Waals surface area contributed by atoms with Crippen molar-refractivity contribution in [1.82, 2.24) is 35.6 Å². The van der Waals surface area contributed by atoms with Crippen molar-refractivity contribution in [2.75, 3.05) is 27.2 Å². The lowest BCUT2D eigenvalue weighted by Gasteiger charge is -2.36. The molecule has 0 unspecified atom stereocenters. The van der Waals surface area contributed by atoms with E-state index in [2.05, 4.69) is 16.0 Å². The molecule has 3 heterocycles. The fourth-order valence-electron chi connectivity index (χ4n) is 10.0. The first kappa shape index (κ1) is 63.1. The van der Waals surface area contributed by atoms with Gasteiger partial charge in [0.15, 0.2) is 11.9 Å². The number of carbonyl (C=O) groups is 10. The molecule has 21 nitrogen and oxygen atoms in total. The molecule has 3 saturated heterocycles. The van der Waals surface area contributed by atoms with E-state index < -0.39 is 150 Å². The summed E-state index contributed by atoms with van der Waals surface area (Å²) in [6.07, 6.45) is -4.48. The van der Waals surface area contributed by atoms with Crippen LogP contribution in [-0.2, 0) is 57.4 Å². The summed E-state index contributed by atoms with van der Waals surface area (Å²) in [6, 6.07) is -8.55. The molecule has 0 aromatic heterocycles. The lowest BCUT2D eigenvalue weighted by molar-refractivity contribution is -0.163. The highest BCUT2D eigenvalue weighted by Crippen LogP contribution is 2.27. The molecule has 0 saturated carbocycles. The van der Waals surface area contributed by atoms with Crippen LogP contribution in [0.2, 0.25) is 0 Å². The highest BCUT2D eigenvalue weighted by atomic mass is 16.6. The Bertz CT molecular complexity index is 2010. The summed E-state index contributed by atoms with van der Waals surface area (Å²) in [6.45, 7) is 22.2. The normalized spacial score (nSPS) is 28.9. The zero-order valence-electron chi connectivity index (χ0n) is 46.7. The number of fused-ring (bicyclic) bond motifs is 1. The van der Waals surface area contributed by atoms with Crippen molar-refractivity contribution in [3.63, 3.8) is 0 Å². The fourth-order valence-corrected chi connectivity index (χ4v) is 10.0. The average molecular weight is 1050 g/mol. The van der Waals surface area contributed by atoms with Crippen molar-refractivity contribution >= 4 is 59.1 Å². The minimum absolute atomic E-state index is 0.0878. The molecule has 0 bridgehead atoms. The van der Waals surface area contributed by atoms with Crippen LogP contribution in [-0.4, -0.2) is 183 Å². The zero-order valence-corrected chi connectivity index (χ0v) is 46.7. The number of likely N-dealkylation sites (N-methyl/N-ethyl adjacent to an activating group) is 2. The molecule has 3 aliphatic heterocycles. The largest absolute Gasteiger partial charge is 0.458 e. The van der Waals surface area contributed by atoms with Crippen LogP contribution in [0.3, 0.4) is 0 Å². The van der Waals surface area contributed by atoms with E-state index in [-0.39, 0.29) is 62.9 Å². The molecule has 13 atom stereocenters. The van der Waals surface area contributed by atoms with Crippen LogP contribution in [0.15, 0.2) is 0 Å². The standard InChI is InChI=1S/C53H89N7O14/c1-16-31(10)42-40(62)26-41(63)74-45(30(8)9)44(64)32(11)46(65)54-35(23-27(2)3)50(69)60-22-18-20-37(60)52(71)58(15)39(25-29(6)7)53(72)73-34(13)43(48(67)55-42)56-47(66)38(24-28(4)5)57(14)51(70)36-19-17-21-59(36)49(68)33(12)61/h27-40,42-43,45,61-62H,16-26H2,1-15H3,(H,54,65)(H,55,67)(H,56,66)/t31-,32-,33-,34+,35-,36-,37-,38+,39-,40-,42+,43+,45-/m0/s1. The smallest absolute Gasteiger partial charge is 0.329 e. The number of nitrogens with one attached hydrogen (secondary N) is 3. The zero-order chi connectivity index (χ0) is 56.2. The molecule has 3 rings (SSSR count). The third kappa shape index (κ3) is 16.4. The number of hydrogen-bond acceptors (Lipinski definition) is 14. The van der Waals surface area contributed by atoms with E-state index >= 15 is 0 Å². The van der Waals surface area contributed by atoms with Crippen LogP contribution in [0, 0.1) is 35.5 Å². The summed E-state index contributed by atoms with van der Waals surface area (Å²) >= 11 is 0. The summed E-state index contributed by atoms with van der Waals surface area (Å²) in [7, 11) is 2.84. The molecule has 5 N–H and O–H groups in total. The van der Waals surface area contributed by atoms with Crippen LogP contribution >= 0.6 is 0 Å². The molecule has 0 radical (unpaired) electrons. The highest BCUT2D eigenvalue weighted by molar-refractivity contribution is 6.05. The molecule has 0 aliphatic carbocycles. The number of aliphatic hydroxyl groups is 2. The van der Waals surface area contributed by atoms with Gasteiger partial charge in [0.1, 0.15) is 48.5 Å². The van der Waals surface area contributed by atoms with Gasteiger partial charge >= 0.3 is 11.9 Å². The first-order valence-electron chi connectivity index (χ1n) is 26.8. The second-order valence-electron chi connectivity index (χ2n) is 22.5. The Morgan fingerprint density at radius 1 is 0.811 bits per heavy atom. The number of nitrogens with zero attached hydrogens (tertiary/aromatic N) is 4. The number of esters is 2. The summed E-state index contributed by atoms with van der Waals surface area (Å²) in [5, 5.41) is 30.1. The van der Waals surface area contributed by atoms with Gasteiger partial charge in [0, 0.05) is 27.2 Å². The van der Waals surface area contributed by atoms with Gasteiger partial charge in [0.05, 0.1) is 24.5 Å². The Morgan fingerprint density at radius 2 is 1.42 bits per heavy atom. The van der Waals surface area contributed by atoms with Crippen LogP contribution in [0.5, 0.6) is 0 Å². The van der Waals surface area contributed by atoms with E-state index in [9.17, 15) is 58.2 Å². The van der Waals surface area contributed by atoms with Gasteiger partial charge in [-0.15, -0.1) is 0 Å². The van der Waals surface area contributed by atoms with Crippen LogP contribution in [0.25, 0.3) is 0 Å². The molecule has 0 spiro atoms. The first-order valence-corrected chi connectivity index (χ1v) is 26.8. The monoisotopic (exact) mass is 1050 g/mol. The number of likely N-dealkylation sites (tertiary alicyclic amines) is 1. The maximum Gasteiger partial charge on any atom is 0.329 e. The minimum atomic E-state index is -1.72. The van der Waals surface area contributed by atoms with E-state index in [0.717, 1.165) is 0 Å². The molecular formula is C53H89N7O14. The fraction of sp³-hybridized carbons (Fsp3) is 0.811. The Labute approximate surface area is 438 Å². The minimum Gasteiger partial charge on any atom is -0.458 e. The van der Waals surface area contributed by atoms with Crippen LogP contribution in [0.1, 0.15) is 148 Å². The third-order valence-electron chi connectivity index (χ3n) is 14.6. The van der Waals surface area contributed by atoms with Gasteiger partial charge in [-0.3, -0.25) is 43.2 Å². The summed E-state index contributed by atoms with van der Waals surface area (Å²) in [5.74, 6) is -10.6. The topological polar surface area (TPSA) is 279 Å². The molecule has 0 aromatic carbocycles. The predicted octanol–water partition coefficient (Wildman–Crippen LogP) is 2.11. The summed E-state index contributed by atoms with van der Waals surface area (Å²) < 4.78 is 11.8. The average Bonchev–Trinajstić information content (AvgIpc) is 4.03. The van der Waals surface area contributed by atoms with Crippen molar-refractivity contribution in [2.24, 2.45) is 35.5 Å². The number of hydrogen-bond donors (Lipinski definition) is 5. The molecular weight excluding hydrogens is 959 g/mol. The number of cyclic esters (lactones) is 2. The SMILES string of the molecule is CC[C@H](C)[C@H]1NC(=O)[C@H](NC(=O)[C@@H](CC(C)C)N(C)C(=O)[C@@H]2CCCN2C(=O)[C@H](C)O)[C@@H](C)OC(=O)[C@H](CC(C)C)N(C)C(=O)[C@@H]2CCCN2C(=O)[C@H](CC(C)C)NC(=O)[C@@H](C)C(=O)[C@H](C(C)C)OC(=O)C[C@@H]1O. The number of carbonyl (C=O) groups excluding carboxylic acids is 10. The van der Waals surface area contributed by atoms with Gasteiger partial charge < -0.3 is 55.2 Å². The van der Waals surface area contributed by atoms with E-state index in [1.54, 1.807) is 27.7 Å². The van der Waals surface area contributed by atoms with Crippen molar-refractivity contribution < 1.29 is 67.6 Å². The Kier molecular flexibility index (Phi) is 24.0. The molecule has 3 fully saturated rings. The number of ether oxygens (including phenoxy) is 2. The van der Waals surface area contributed by atoms with Gasteiger partial charge in [-0.05, 0) is 95.3 Å². The lowest BCUT2D eigenvalue weighted by Crippen LogP contribution is -2.62. The van der Waals surface area contributed by atoms with Crippen molar-refractivity contribution in [3.05, 3.63) is 0 Å². The highest BCUT2D eigenvalue weighted by Gasteiger charge is 2.46. The van der Waals surface area contributed by atoms with Gasteiger partial charge in [-0.2, -0.15) is 0 Å². The quantitative estimate of drug-likeness (QED) is 0.123. The molecule has 420 valence electrons. The van der Waals surface area contributed by atoms with Gasteiger partial charge in [-0.1, -0.05) is 75.7 Å². The second kappa shape index (κ2) is 28.1. The van der Waals surface area contributed by atoms with Crippen LogP contribution < -0.4 is 16.0 Å². The Hall–Kier alpha value is -5.18. The van der Waals surface area contributed by atoms with Gasteiger partial charge in [0.25, 0.3) is 5.91 Å². The molecule has 74 heavy (non-hydrogen) atoms. The third-order valence-corrected chi connectivity index (χ3v) is 14.6. The molecule has 3 aliphatic rings. The van der Waals surface area contributed by atoms with Crippen LogP contribution in [0.4, 0.5) is 0 Å². The van der Waals surface area contributed by atoms with Crippen molar-refractivity contribution in [2.45, 2.75) is 215 Å².